The summed E-state index contributed by atoms with van der Waals surface area (Å²) in [6.45, 7) is 15.1. The van der Waals surface area contributed by atoms with Crippen LogP contribution in [0.15, 0.2) is 71.8 Å². The number of hydrogen-bond donors (Lipinski definition) is 5. The van der Waals surface area contributed by atoms with Crippen LogP contribution in [0.2, 0.25) is 0 Å². The Morgan fingerprint density at radius 2 is 1.57 bits per heavy atom. The molecule has 1 amide bonds. The Morgan fingerprint density at radius 1 is 0.968 bits per heavy atom. The van der Waals surface area contributed by atoms with Gasteiger partial charge in [-0.05, 0) is 70.4 Å². The molecule has 0 spiro atoms. The number of carbonyl (C=O) groups is 5. The van der Waals surface area contributed by atoms with Gasteiger partial charge in [-0.15, -0.1) is 0 Å². The zero-order valence-corrected chi connectivity index (χ0v) is 37.5. The average molecular weight is 877 g/mol. The Morgan fingerprint density at radius 3 is 2.11 bits per heavy atom. The SMILES string of the molecule is CCC(=O)O[C@@H](C(=N)O[C@]1(C)C[C@@]2(O)[C@@H](OC(=O)c3ccccc3)C3[C@](C)(C(=O)[C@H](O)C(=C1C)C2(C)C)[C@@H](O)C[C@H]1OC[C@@]31OC(C)=O)[C@@H](NC(=O)OC(C)(C)C)c1ccccc1. The number of rotatable bonds is 10. The van der Waals surface area contributed by atoms with Gasteiger partial charge in [-0.1, -0.05) is 69.3 Å². The minimum Gasteiger partial charge on any atom is -0.467 e. The van der Waals surface area contributed by atoms with E-state index in [-0.39, 0.29) is 36.2 Å². The quantitative estimate of drug-likeness (QED) is 0.0690. The fourth-order valence-electron chi connectivity index (χ4n) is 10.2. The summed E-state index contributed by atoms with van der Waals surface area (Å²) in [5.74, 6) is -5.54. The van der Waals surface area contributed by atoms with Crippen molar-refractivity contribution in [3.05, 3.63) is 82.9 Å². The average Bonchev–Trinajstić information content (AvgIpc) is 3.20. The molecular weight excluding hydrogens is 817 g/mol. The van der Waals surface area contributed by atoms with Crippen molar-refractivity contribution in [3.8, 4) is 0 Å². The molecule has 0 aromatic heterocycles. The number of aliphatic hydroxyl groups is 3. The Bertz CT molecular complexity index is 2170. The van der Waals surface area contributed by atoms with Crippen LogP contribution < -0.4 is 5.32 Å². The standard InChI is InChI=1S/C47H60N2O14/c1-11-31(52)59-35(33(27-18-14-12-15-19-27)49-41(56)63-42(4,5)6)39(48)62-44(9)23-47(57)38(60-40(55)28-20-16-13-17-21-28)36-45(10,37(54)34(53)32(25(44)2)43(47,7)8)29(51)22-30-46(36,24-58-30)61-26(3)50/h12-21,29-30,33-36,38,48,51,53,57H,11,22-24H2,1-10H3,(H,49,56)/t29-,30+,33-,34+,35+,36?,38-,44+,45+,46-,47+/m0/s1. The van der Waals surface area contributed by atoms with Crippen LogP contribution in [-0.2, 0) is 42.8 Å². The molecule has 5 N–H and O–H groups in total. The molecule has 16 nitrogen and oxygen atoms in total. The van der Waals surface area contributed by atoms with E-state index in [0.29, 0.717) is 5.56 Å². The number of hydrogen-bond acceptors (Lipinski definition) is 15. The van der Waals surface area contributed by atoms with Crippen LogP contribution in [0.25, 0.3) is 0 Å². The van der Waals surface area contributed by atoms with Gasteiger partial charge in [0.05, 0.1) is 29.6 Å². The third-order valence-corrected chi connectivity index (χ3v) is 13.6. The first-order valence-corrected chi connectivity index (χ1v) is 21.2. The van der Waals surface area contributed by atoms with Gasteiger partial charge in [0.1, 0.15) is 41.2 Å². The number of benzene rings is 2. The summed E-state index contributed by atoms with van der Waals surface area (Å²) in [6, 6.07) is 15.1. The molecule has 2 saturated carbocycles. The van der Waals surface area contributed by atoms with E-state index in [9.17, 15) is 39.9 Å². The molecule has 6 rings (SSSR count). The first kappa shape index (κ1) is 47.3. The van der Waals surface area contributed by atoms with Gasteiger partial charge in [0.2, 0.25) is 12.0 Å². The predicted molar refractivity (Wildman–Crippen MR) is 225 cm³/mol. The topological polar surface area (TPSA) is 237 Å². The van der Waals surface area contributed by atoms with Gasteiger partial charge < -0.3 is 49.1 Å². The summed E-state index contributed by atoms with van der Waals surface area (Å²) >= 11 is 0. The van der Waals surface area contributed by atoms with Crippen LogP contribution in [0.4, 0.5) is 4.79 Å². The van der Waals surface area contributed by atoms with Crippen molar-refractivity contribution >= 4 is 35.7 Å². The maximum atomic E-state index is 15.2. The van der Waals surface area contributed by atoms with E-state index in [0.717, 1.165) is 0 Å². The number of ether oxygens (including phenoxy) is 6. The number of fused-ring (bicyclic) bond motifs is 5. The minimum absolute atomic E-state index is 0.0358. The second kappa shape index (κ2) is 16.8. The van der Waals surface area contributed by atoms with Crippen molar-refractivity contribution in [2.45, 2.75) is 147 Å². The van der Waals surface area contributed by atoms with Crippen molar-refractivity contribution in [1.29, 1.82) is 5.41 Å². The number of esters is 3. The van der Waals surface area contributed by atoms with Gasteiger partial charge in [0.15, 0.2) is 11.4 Å². The maximum Gasteiger partial charge on any atom is 0.408 e. The van der Waals surface area contributed by atoms with Gasteiger partial charge in [-0.2, -0.15) is 0 Å². The fourth-order valence-corrected chi connectivity index (χ4v) is 10.2. The molecule has 3 aliphatic carbocycles. The number of aliphatic hydroxyl groups excluding tert-OH is 2. The van der Waals surface area contributed by atoms with Crippen LogP contribution in [0, 0.1) is 22.2 Å². The van der Waals surface area contributed by atoms with Crippen LogP contribution in [-0.4, -0.2) is 111 Å². The number of ketones is 1. The van der Waals surface area contributed by atoms with Crippen molar-refractivity contribution in [2.24, 2.45) is 16.7 Å². The highest BCUT2D eigenvalue weighted by molar-refractivity contribution is 5.94. The summed E-state index contributed by atoms with van der Waals surface area (Å²) in [6.07, 6.45) is -9.71. The lowest BCUT2D eigenvalue weighted by Gasteiger charge is -2.68. The third-order valence-electron chi connectivity index (χ3n) is 13.6. The van der Waals surface area contributed by atoms with E-state index < -0.39 is 118 Å². The lowest BCUT2D eigenvalue weighted by atomic mass is 9.44. The van der Waals surface area contributed by atoms with Crippen molar-refractivity contribution < 1.29 is 67.7 Å². The lowest BCUT2D eigenvalue weighted by molar-refractivity contribution is -0.346. The van der Waals surface area contributed by atoms with Crippen LogP contribution in [0.3, 0.4) is 0 Å². The number of amides is 1. The molecule has 1 unspecified atom stereocenters. The second-order valence-corrected chi connectivity index (χ2v) is 19.1. The molecule has 0 radical (unpaired) electrons. The highest BCUT2D eigenvalue weighted by atomic mass is 16.6. The van der Waals surface area contributed by atoms with E-state index in [2.05, 4.69) is 5.32 Å². The third kappa shape index (κ3) is 8.15. The molecule has 1 aliphatic heterocycles. The zero-order valence-electron chi connectivity index (χ0n) is 37.5. The summed E-state index contributed by atoms with van der Waals surface area (Å²) in [7, 11) is 0. The van der Waals surface area contributed by atoms with E-state index in [1.807, 2.05) is 0 Å². The highest BCUT2D eigenvalue weighted by Crippen LogP contribution is 2.65. The first-order valence-electron chi connectivity index (χ1n) is 21.2. The fraction of sp³-hybridized carbons (Fsp3) is 0.574. The smallest absolute Gasteiger partial charge is 0.408 e. The molecule has 1 heterocycles. The molecule has 11 atom stereocenters. The monoisotopic (exact) mass is 876 g/mol. The summed E-state index contributed by atoms with van der Waals surface area (Å²) < 4.78 is 36.4. The largest absolute Gasteiger partial charge is 0.467 e. The number of alkyl carbamates (subject to hydrolysis) is 1. The molecule has 63 heavy (non-hydrogen) atoms. The zero-order chi connectivity index (χ0) is 46.7. The number of carbonyl (C=O) groups excluding carboxylic acids is 5. The van der Waals surface area contributed by atoms with Crippen molar-refractivity contribution in [3.63, 3.8) is 0 Å². The highest BCUT2D eigenvalue weighted by Gasteiger charge is 2.78. The second-order valence-electron chi connectivity index (χ2n) is 19.1. The van der Waals surface area contributed by atoms with Crippen molar-refractivity contribution in [2.75, 3.05) is 6.61 Å². The predicted octanol–water partition coefficient (Wildman–Crippen LogP) is 5.06. The summed E-state index contributed by atoms with van der Waals surface area (Å²) in [5.41, 5.74) is -9.92. The van der Waals surface area contributed by atoms with Gasteiger partial charge >= 0.3 is 24.0 Å². The molecule has 2 aromatic rings. The summed E-state index contributed by atoms with van der Waals surface area (Å²) in [4.78, 5) is 69.0. The Hall–Kier alpha value is -5.16. The molecule has 2 aromatic carbocycles. The molecular formula is C47H60N2O14. The Kier molecular flexibility index (Phi) is 12.6. The van der Waals surface area contributed by atoms with Gasteiger partial charge in [-0.3, -0.25) is 19.8 Å². The number of nitrogens with one attached hydrogen (secondary N) is 2. The minimum atomic E-state index is -2.37. The van der Waals surface area contributed by atoms with E-state index >= 15 is 4.79 Å². The maximum absolute atomic E-state index is 15.2. The van der Waals surface area contributed by atoms with E-state index in [1.54, 1.807) is 97.0 Å². The number of Topliss-reactive ketones (excluding diaryl/α,β-unsaturated/α-hetero) is 1. The molecule has 342 valence electrons. The van der Waals surface area contributed by atoms with Gasteiger partial charge in [0.25, 0.3) is 0 Å². The van der Waals surface area contributed by atoms with E-state index in [1.165, 1.54) is 32.9 Å². The molecule has 2 bridgehead atoms. The molecule has 3 fully saturated rings. The molecule has 16 heteroatoms. The molecule has 4 aliphatic rings. The molecule has 1 saturated heterocycles. The van der Waals surface area contributed by atoms with Crippen LogP contribution in [0.1, 0.15) is 110 Å². The van der Waals surface area contributed by atoms with E-state index in [4.69, 9.17) is 28.4 Å². The Balaban J connectivity index is 1.56. The van der Waals surface area contributed by atoms with Crippen LogP contribution >= 0.6 is 0 Å². The first-order chi connectivity index (χ1) is 29.3. The van der Waals surface area contributed by atoms with Crippen molar-refractivity contribution in [1.82, 2.24) is 5.32 Å². The summed E-state index contributed by atoms with van der Waals surface area (Å²) in [5, 5.41) is 50.5. The van der Waals surface area contributed by atoms with Crippen LogP contribution in [0.5, 0.6) is 0 Å². The normalized spacial score (nSPS) is 33.0. The Labute approximate surface area is 367 Å². The van der Waals surface area contributed by atoms with Gasteiger partial charge in [0, 0.05) is 31.6 Å². The van der Waals surface area contributed by atoms with Gasteiger partial charge in [-0.25, -0.2) is 9.59 Å². The lowest BCUT2D eigenvalue weighted by Crippen LogP contribution is -2.82.